The highest BCUT2D eigenvalue weighted by Gasteiger charge is 2.31. The van der Waals surface area contributed by atoms with Crippen molar-refractivity contribution < 1.29 is 17.9 Å². The van der Waals surface area contributed by atoms with Gasteiger partial charge in [-0.15, -0.1) is 0 Å². The van der Waals surface area contributed by atoms with Crippen LogP contribution in [0.3, 0.4) is 0 Å². The fourth-order valence-corrected chi connectivity index (χ4v) is 4.15. The highest BCUT2D eigenvalue weighted by Crippen LogP contribution is 2.23. The molecule has 0 aromatic heterocycles. The standard InChI is InChI=1S/C16H24N2O4S/c1-3-4-8-16(19)17-14-6-5-7-15(11-14)23(20,21)18-9-10-22-12-13(18)2/h5-7,11,13H,3-4,8-10,12H2,1-2H3,(H,17,19). The summed E-state index contributed by atoms with van der Waals surface area (Å²) in [5, 5.41) is 2.76. The molecule has 23 heavy (non-hydrogen) atoms. The quantitative estimate of drug-likeness (QED) is 0.861. The van der Waals surface area contributed by atoms with E-state index >= 15 is 0 Å². The van der Waals surface area contributed by atoms with Crippen LogP contribution in [0.15, 0.2) is 29.2 Å². The summed E-state index contributed by atoms with van der Waals surface area (Å²) in [6.07, 6.45) is 2.19. The van der Waals surface area contributed by atoms with E-state index in [1.54, 1.807) is 18.2 Å². The second-order valence-electron chi connectivity index (χ2n) is 5.72. The van der Waals surface area contributed by atoms with Crippen molar-refractivity contribution in [1.82, 2.24) is 4.31 Å². The van der Waals surface area contributed by atoms with Crippen molar-refractivity contribution >= 4 is 21.6 Å². The van der Waals surface area contributed by atoms with Gasteiger partial charge in [-0.2, -0.15) is 4.31 Å². The fraction of sp³-hybridized carbons (Fsp3) is 0.562. The Morgan fingerprint density at radius 2 is 2.22 bits per heavy atom. The zero-order valence-corrected chi connectivity index (χ0v) is 14.4. The second-order valence-corrected chi connectivity index (χ2v) is 7.61. The van der Waals surface area contributed by atoms with Crippen LogP contribution in [0.25, 0.3) is 0 Å². The molecule has 0 saturated carbocycles. The highest BCUT2D eigenvalue weighted by molar-refractivity contribution is 7.89. The third-order valence-electron chi connectivity index (χ3n) is 3.79. The first-order valence-corrected chi connectivity index (χ1v) is 9.38. The number of hydrogen-bond acceptors (Lipinski definition) is 4. The van der Waals surface area contributed by atoms with Gasteiger partial charge in [0.15, 0.2) is 0 Å². The maximum atomic E-state index is 12.8. The lowest BCUT2D eigenvalue weighted by molar-refractivity contribution is -0.116. The Bertz CT molecular complexity index is 645. The van der Waals surface area contributed by atoms with Gasteiger partial charge in [0.05, 0.1) is 18.1 Å². The smallest absolute Gasteiger partial charge is 0.243 e. The molecule has 128 valence electrons. The molecule has 1 N–H and O–H groups in total. The van der Waals surface area contributed by atoms with Crippen molar-refractivity contribution in [3.63, 3.8) is 0 Å². The Morgan fingerprint density at radius 3 is 2.91 bits per heavy atom. The molecule has 1 aromatic rings. The molecule has 1 amide bonds. The molecule has 1 aliphatic heterocycles. The van der Waals surface area contributed by atoms with Crippen LogP contribution in [0.1, 0.15) is 33.1 Å². The van der Waals surface area contributed by atoms with Crippen LogP contribution < -0.4 is 5.32 Å². The van der Waals surface area contributed by atoms with Crippen molar-refractivity contribution in [2.45, 2.75) is 44.0 Å². The molecule has 0 spiro atoms. The van der Waals surface area contributed by atoms with Gasteiger partial charge in [0.25, 0.3) is 0 Å². The van der Waals surface area contributed by atoms with Gasteiger partial charge in [-0.3, -0.25) is 4.79 Å². The minimum absolute atomic E-state index is 0.0962. The summed E-state index contributed by atoms with van der Waals surface area (Å²) in [5.41, 5.74) is 0.507. The summed E-state index contributed by atoms with van der Waals surface area (Å²) >= 11 is 0. The number of sulfonamides is 1. The third kappa shape index (κ3) is 4.53. The number of ether oxygens (including phenoxy) is 1. The molecule has 2 rings (SSSR count). The van der Waals surface area contributed by atoms with Crippen molar-refractivity contribution in [3.05, 3.63) is 24.3 Å². The van der Waals surface area contributed by atoms with Gasteiger partial charge < -0.3 is 10.1 Å². The zero-order valence-electron chi connectivity index (χ0n) is 13.6. The lowest BCUT2D eigenvalue weighted by Crippen LogP contribution is -2.46. The Labute approximate surface area is 137 Å². The zero-order chi connectivity index (χ0) is 16.9. The van der Waals surface area contributed by atoms with E-state index in [0.29, 0.717) is 31.9 Å². The first-order valence-electron chi connectivity index (χ1n) is 7.94. The van der Waals surface area contributed by atoms with E-state index in [4.69, 9.17) is 4.74 Å². The Hall–Kier alpha value is -1.44. The predicted molar refractivity (Wildman–Crippen MR) is 88.8 cm³/mol. The minimum Gasteiger partial charge on any atom is -0.378 e. The number of anilines is 1. The monoisotopic (exact) mass is 340 g/mol. The molecular formula is C16H24N2O4S. The molecular weight excluding hydrogens is 316 g/mol. The summed E-state index contributed by atoms with van der Waals surface area (Å²) in [6.45, 7) is 4.98. The Balaban J connectivity index is 2.16. The molecule has 1 unspecified atom stereocenters. The third-order valence-corrected chi connectivity index (χ3v) is 5.80. The maximum absolute atomic E-state index is 12.8. The molecule has 1 saturated heterocycles. The molecule has 0 radical (unpaired) electrons. The highest BCUT2D eigenvalue weighted by atomic mass is 32.2. The number of nitrogens with zero attached hydrogens (tertiary/aromatic N) is 1. The van der Waals surface area contributed by atoms with Crippen LogP contribution in [0.5, 0.6) is 0 Å². The van der Waals surface area contributed by atoms with E-state index in [0.717, 1.165) is 12.8 Å². The van der Waals surface area contributed by atoms with Crippen molar-refractivity contribution in [2.24, 2.45) is 0 Å². The van der Waals surface area contributed by atoms with Crippen LogP contribution in [-0.2, 0) is 19.6 Å². The normalized spacial score (nSPS) is 19.5. The van der Waals surface area contributed by atoms with Gasteiger partial charge in [-0.05, 0) is 31.5 Å². The van der Waals surface area contributed by atoms with Crippen LogP contribution in [-0.4, -0.2) is 44.4 Å². The number of amides is 1. The lowest BCUT2D eigenvalue weighted by atomic mass is 10.2. The van der Waals surface area contributed by atoms with E-state index in [9.17, 15) is 13.2 Å². The van der Waals surface area contributed by atoms with Gasteiger partial charge in [-0.1, -0.05) is 19.4 Å². The Kier molecular flexibility index (Phi) is 6.15. The Morgan fingerprint density at radius 1 is 1.43 bits per heavy atom. The maximum Gasteiger partial charge on any atom is 0.243 e. The first kappa shape index (κ1) is 17.9. The second kappa shape index (κ2) is 7.90. The summed E-state index contributed by atoms with van der Waals surface area (Å²) in [5.74, 6) is -0.0962. The molecule has 0 aliphatic carbocycles. The van der Waals surface area contributed by atoms with Crippen LogP contribution in [0.4, 0.5) is 5.69 Å². The van der Waals surface area contributed by atoms with Crippen molar-refractivity contribution in [1.29, 1.82) is 0 Å². The first-order chi connectivity index (χ1) is 10.9. The minimum atomic E-state index is -3.58. The average Bonchev–Trinajstić information content (AvgIpc) is 2.53. The number of benzene rings is 1. The number of carbonyl (C=O) groups is 1. The fourth-order valence-electron chi connectivity index (χ4n) is 2.50. The molecule has 1 heterocycles. The van der Waals surface area contributed by atoms with Crippen molar-refractivity contribution in [3.8, 4) is 0 Å². The number of carbonyl (C=O) groups excluding carboxylic acids is 1. The SMILES string of the molecule is CCCCC(=O)Nc1cccc(S(=O)(=O)N2CCOCC2C)c1. The molecule has 1 fully saturated rings. The lowest BCUT2D eigenvalue weighted by Gasteiger charge is -2.32. The molecule has 6 nitrogen and oxygen atoms in total. The van der Waals surface area contributed by atoms with Crippen LogP contribution in [0, 0.1) is 0 Å². The number of hydrogen-bond donors (Lipinski definition) is 1. The molecule has 1 aromatic carbocycles. The van der Waals surface area contributed by atoms with Gasteiger partial charge >= 0.3 is 0 Å². The van der Waals surface area contributed by atoms with E-state index in [2.05, 4.69) is 5.32 Å². The molecule has 1 atom stereocenters. The van der Waals surface area contributed by atoms with Gasteiger partial charge in [0, 0.05) is 24.7 Å². The number of rotatable bonds is 6. The van der Waals surface area contributed by atoms with E-state index < -0.39 is 10.0 Å². The van der Waals surface area contributed by atoms with E-state index in [-0.39, 0.29) is 16.8 Å². The summed E-state index contributed by atoms with van der Waals surface area (Å²) in [7, 11) is -3.58. The largest absolute Gasteiger partial charge is 0.378 e. The van der Waals surface area contributed by atoms with Gasteiger partial charge in [-0.25, -0.2) is 8.42 Å². The summed E-state index contributed by atoms with van der Waals surface area (Å²) in [6, 6.07) is 6.22. The van der Waals surface area contributed by atoms with E-state index in [1.165, 1.54) is 10.4 Å². The molecule has 7 heteroatoms. The van der Waals surface area contributed by atoms with Crippen LogP contribution >= 0.6 is 0 Å². The summed E-state index contributed by atoms with van der Waals surface area (Å²) in [4.78, 5) is 12.0. The number of morpholine rings is 1. The average molecular weight is 340 g/mol. The molecule has 1 aliphatic rings. The van der Waals surface area contributed by atoms with E-state index in [1.807, 2.05) is 13.8 Å². The topological polar surface area (TPSA) is 75.7 Å². The number of unbranched alkanes of at least 4 members (excludes halogenated alkanes) is 1. The van der Waals surface area contributed by atoms with Gasteiger partial charge in [0.2, 0.25) is 15.9 Å². The van der Waals surface area contributed by atoms with Gasteiger partial charge in [0.1, 0.15) is 0 Å². The van der Waals surface area contributed by atoms with Crippen molar-refractivity contribution in [2.75, 3.05) is 25.1 Å². The molecule has 0 bridgehead atoms. The van der Waals surface area contributed by atoms with Crippen LogP contribution in [0.2, 0.25) is 0 Å². The number of nitrogens with one attached hydrogen (secondary N) is 1. The predicted octanol–water partition coefficient (Wildman–Crippen LogP) is 2.22. The summed E-state index contributed by atoms with van der Waals surface area (Å²) < 4.78 is 32.3.